The third-order valence-corrected chi connectivity index (χ3v) is 4.57. The summed E-state index contributed by atoms with van der Waals surface area (Å²) in [6.45, 7) is 2.52. The average molecular weight is 303 g/mol. The molecular weight excluding hydrogens is 278 g/mol. The summed E-state index contributed by atoms with van der Waals surface area (Å²) in [7, 11) is 3.62. The highest BCUT2D eigenvalue weighted by Crippen LogP contribution is 2.16. The first-order chi connectivity index (χ1) is 9.34. The van der Waals surface area contributed by atoms with Gasteiger partial charge in [-0.2, -0.15) is 0 Å². The van der Waals surface area contributed by atoms with Gasteiger partial charge in [0.25, 0.3) is 10.0 Å². The lowest BCUT2D eigenvalue weighted by molar-refractivity contribution is 0.379. The molecule has 116 valence electrons. The fraction of sp³-hybridized carbons (Fsp3) is 0.692. The summed E-state index contributed by atoms with van der Waals surface area (Å²) in [5, 5.41) is 3.24. The zero-order valence-electron chi connectivity index (χ0n) is 12.7. The van der Waals surface area contributed by atoms with E-state index >= 15 is 0 Å². The molecule has 6 nitrogen and oxygen atoms in total. The van der Waals surface area contributed by atoms with Crippen molar-refractivity contribution in [3.05, 3.63) is 17.9 Å². The first-order valence-corrected chi connectivity index (χ1v) is 8.14. The molecule has 1 rings (SSSR count). The quantitative estimate of drug-likeness (QED) is 0.688. The summed E-state index contributed by atoms with van der Waals surface area (Å²) < 4.78 is 30.2. The van der Waals surface area contributed by atoms with Crippen molar-refractivity contribution in [2.24, 2.45) is 0 Å². The van der Waals surface area contributed by atoms with Crippen LogP contribution >= 0.6 is 0 Å². The van der Waals surface area contributed by atoms with E-state index in [1.807, 2.05) is 0 Å². The first kappa shape index (κ1) is 17.2. The van der Waals surface area contributed by atoms with Gasteiger partial charge in [-0.25, -0.2) is 12.7 Å². The van der Waals surface area contributed by atoms with Crippen molar-refractivity contribution < 1.29 is 12.8 Å². The zero-order chi connectivity index (χ0) is 15.2. The minimum absolute atomic E-state index is 0.00749. The van der Waals surface area contributed by atoms with Crippen LogP contribution in [-0.2, 0) is 16.6 Å². The van der Waals surface area contributed by atoms with Crippen molar-refractivity contribution in [2.45, 2.75) is 24.5 Å². The molecule has 0 bridgehead atoms. The van der Waals surface area contributed by atoms with E-state index in [9.17, 15) is 8.42 Å². The third kappa shape index (κ3) is 5.24. The molecule has 0 aliphatic carbocycles. The normalized spacial score (nSPS) is 12.5. The number of furan rings is 1. The molecule has 1 N–H and O–H groups in total. The van der Waals surface area contributed by atoms with E-state index in [1.54, 1.807) is 6.07 Å². The highest BCUT2D eigenvalue weighted by atomic mass is 32.2. The maximum absolute atomic E-state index is 11.8. The molecule has 7 heteroatoms. The smallest absolute Gasteiger partial charge is 0.275 e. The number of hydrogen-bond acceptors (Lipinski definition) is 5. The van der Waals surface area contributed by atoms with Crippen LogP contribution in [0.5, 0.6) is 0 Å². The van der Waals surface area contributed by atoms with Crippen LogP contribution in [0.15, 0.2) is 21.6 Å². The van der Waals surface area contributed by atoms with E-state index in [0.717, 1.165) is 30.2 Å². The molecule has 0 amide bonds. The topological polar surface area (TPSA) is 65.8 Å². The van der Waals surface area contributed by atoms with Crippen LogP contribution in [0.4, 0.5) is 0 Å². The molecular formula is C13H25N3O3S. The Bertz CT molecular complexity index is 495. The van der Waals surface area contributed by atoms with Crippen molar-refractivity contribution >= 4 is 10.0 Å². The molecule has 0 fully saturated rings. The van der Waals surface area contributed by atoms with Gasteiger partial charge in [-0.3, -0.25) is 0 Å². The zero-order valence-corrected chi connectivity index (χ0v) is 13.5. The molecule has 0 aliphatic rings. The SMILES string of the molecule is CN(C)CCCCNCc1ccc(S(=O)(=O)N(C)C)o1. The van der Waals surface area contributed by atoms with Gasteiger partial charge in [-0.1, -0.05) is 0 Å². The van der Waals surface area contributed by atoms with E-state index in [0.29, 0.717) is 12.3 Å². The molecule has 1 aromatic rings. The van der Waals surface area contributed by atoms with Gasteiger partial charge in [0, 0.05) is 14.1 Å². The Labute approximate surface area is 121 Å². The highest BCUT2D eigenvalue weighted by molar-refractivity contribution is 7.88. The summed E-state index contributed by atoms with van der Waals surface area (Å²) in [5.74, 6) is 0.637. The Kier molecular flexibility index (Phi) is 6.67. The molecule has 20 heavy (non-hydrogen) atoms. The predicted molar refractivity (Wildman–Crippen MR) is 79.1 cm³/mol. The highest BCUT2D eigenvalue weighted by Gasteiger charge is 2.21. The Morgan fingerprint density at radius 2 is 1.85 bits per heavy atom. The second-order valence-electron chi connectivity index (χ2n) is 5.20. The van der Waals surface area contributed by atoms with Gasteiger partial charge in [0.1, 0.15) is 5.76 Å². The minimum atomic E-state index is -3.47. The molecule has 0 unspecified atom stereocenters. The maximum Gasteiger partial charge on any atom is 0.275 e. The van der Waals surface area contributed by atoms with Gasteiger partial charge in [0.05, 0.1) is 6.54 Å². The maximum atomic E-state index is 11.8. The van der Waals surface area contributed by atoms with Crippen LogP contribution in [0.25, 0.3) is 0 Å². The van der Waals surface area contributed by atoms with Crippen molar-refractivity contribution in [1.82, 2.24) is 14.5 Å². The number of hydrogen-bond donors (Lipinski definition) is 1. The largest absolute Gasteiger partial charge is 0.447 e. The minimum Gasteiger partial charge on any atom is -0.447 e. The standard InChI is InChI=1S/C13H25N3O3S/c1-15(2)10-6-5-9-14-11-12-7-8-13(19-12)20(17,18)16(3)4/h7-8,14H,5-6,9-11H2,1-4H3. The van der Waals surface area contributed by atoms with Crippen molar-refractivity contribution in [3.63, 3.8) is 0 Å². The van der Waals surface area contributed by atoms with Gasteiger partial charge in [-0.05, 0) is 52.2 Å². The number of rotatable bonds is 9. The van der Waals surface area contributed by atoms with Crippen molar-refractivity contribution in [2.75, 3.05) is 41.3 Å². The summed E-state index contributed by atoms with van der Waals surface area (Å²) in [5.41, 5.74) is 0. The van der Waals surface area contributed by atoms with Gasteiger partial charge >= 0.3 is 0 Å². The van der Waals surface area contributed by atoms with Crippen LogP contribution in [0.1, 0.15) is 18.6 Å². The predicted octanol–water partition coefficient (Wildman–Crippen LogP) is 0.961. The van der Waals surface area contributed by atoms with Crippen LogP contribution in [0.3, 0.4) is 0 Å². The second-order valence-corrected chi connectivity index (χ2v) is 7.28. The second kappa shape index (κ2) is 7.78. The average Bonchev–Trinajstić information content (AvgIpc) is 2.82. The lowest BCUT2D eigenvalue weighted by atomic mass is 10.3. The Hall–Kier alpha value is -0.890. The van der Waals surface area contributed by atoms with Crippen molar-refractivity contribution in [1.29, 1.82) is 0 Å². The Morgan fingerprint density at radius 1 is 1.15 bits per heavy atom. The number of unbranched alkanes of at least 4 members (excludes halogenated alkanes) is 1. The van der Waals surface area contributed by atoms with E-state index < -0.39 is 10.0 Å². The molecule has 1 heterocycles. The molecule has 0 aliphatic heterocycles. The Balaban J connectivity index is 2.35. The third-order valence-electron chi connectivity index (χ3n) is 2.88. The van der Waals surface area contributed by atoms with E-state index in [2.05, 4.69) is 24.3 Å². The summed E-state index contributed by atoms with van der Waals surface area (Å²) in [4.78, 5) is 2.16. The van der Waals surface area contributed by atoms with E-state index in [-0.39, 0.29) is 5.09 Å². The molecule has 0 radical (unpaired) electrons. The number of sulfonamides is 1. The lowest BCUT2D eigenvalue weighted by Crippen LogP contribution is -2.21. The van der Waals surface area contributed by atoms with Crippen molar-refractivity contribution in [3.8, 4) is 0 Å². The van der Waals surface area contributed by atoms with Crippen LogP contribution < -0.4 is 5.32 Å². The van der Waals surface area contributed by atoms with Gasteiger partial charge in [0.15, 0.2) is 0 Å². The van der Waals surface area contributed by atoms with E-state index in [1.165, 1.54) is 20.2 Å². The van der Waals surface area contributed by atoms with Gasteiger partial charge < -0.3 is 14.6 Å². The van der Waals surface area contributed by atoms with E-state index in [4.69, 9.17) is 4.42 Å². The van der Waals surface area contributed by atoms with Gasteiger partial charge in [-0.15, -0.1) is 0 Å². The molecule has 0 atom stereocenters. The Morgan fingerprint density at radius 3 is 2.45 bits per heavy atom. The van der Waals surface area contributed by atoms with Crippen LogP contribution in [-0.4, -0.2) is 58.9 Å². The number of nitrogens with one attached hydrogen (secondary N) is 1. The summed E-state index contributed by atoms with van der Waals surface area (Å²) in [6.07, 6.45) is 2.22. The number of nitrogens with zero attached hydrogens (tertiary/aromatic N) is 2. The molecule has 0 saturated heterocycles. The van der Waals surface area contributed by atoms with Crippen LogP contribution in [0.2, 0.25) is 0 Å². The first-order valence-electron chi connectivity index (χ1n) is 6.70. The summed E-state index contributed by atoms with van der Waals surface area (Å²) >= 11 is 0. The fourth-order valence-electron chi connectivity index (χ4n) is 1.66. The lowest BCUT2D eigenvalue weighted by Gasteiger charge is -2.09. The van der Waals surface area contributed by atoms with Gasteiger partial charge in [0.2, 0.25) is 5.09 Å². The monoisotopic (exact) mass is 303 g/mol. The molecule has 0 saturated carbocycles. The molecule has 1 aromatic heterocycles. The van der Waals surface area contributed by atoms with Crippen LogP contribution in [0, 0.1) is 0 Å². The summed E-state index contributed by atoms with van der Waals surface area (Å²) in [6, 6.07) is 3.20. The fourth-order valence-corrected chi connectivity index (χ4v) is 2.47. The molecule has 0 spiro atoms. The molecule has 0 aromatic carbocycles.